The quantitative estimate of drug-likeness (QED) is 0.867. The summed E-state index contributed by atoms with van der Waals surface area (Å²) in [6.07, 6.45) is 1.70. The maximum Gasteiger partial charge on any atom is 0.227 e. The summed E-state index contributed by atoms with van der Waals surface area (Å²) in [4.78, 5) is 19.3. The van der Waals surface area contributed by atoms with Gasteiger partial charge < -0.3 is 10.6 Å². The minimum Gasteiger partial charge on any atom is -0.326 e. The molecule has 0 atom stereocenters. The SMILES string of the molecule is CC(=O)Nc1cccc(Nc2nccc(C)n2)c1. The molecule has 1 aromatic carbocycles. The zero-order chi connectivity index (χ0) is 13.0. The fraction of sp³-hybridized carbons (Fsp3) is 0.154. The van der Waals surface area contributed by atoms with Crippen LogP contribution < -0.4 is 10.6 Å². The van der Waals surface area contributed by atoms with E-state index < -0.39 is 0 Å². The van der Waals surface area contributed by atoms with Gasteiger partial charge in [0, 0.05) is 30.2 Å². The number of benzene rings is 1. The average Bonchev–Trinajstić information content (AvgIpc) is 2.28. The van der Waals surface area contributed by atoms with Crippen LogP contribution in [-0.2, 0) is 4.79 Å². The average molecular weight is 242 g/mol. The van der Waals surface area contributed by atoms with Gasteiger partial charge in [0.15, 0.2) is 0 Å². The highest BCUT2D eigenvalue weighted by atomic mass is 16.1. The fourth-order valence-electron chi connectivity index (χ4n) is 1.52. The van der Waals surface area contributed by atoms with Gasteiger partial charge in [-0.15, -0.1) is 0 Å². The lowest BCUT2D eigenvalue weighted by atomic mass is 10.2. The molecule has 2 rings (SSSR count). The van der Waals surface area contributed by atoms with Crippen molar-refractivity contribution >= 4 is 23.2 Å². The summed E-state index contributed by atoms with van der Waals surface area (Å²) in [5.41, 5.74) is 2.46. The van der Waals surface area contributed by atoms with Crippen LogP contribution in [0.5, 0.6) is 0 Å². The second-order valence-corrected chi connectivity index (χ2v) is 3.91. The van der Waals surface area contributed by atoms with Crippen LogP contribution in [0.25, 0.3) is 0 Å². The van der Waals surface area contributed by atoms with E-state index in [2.05, 4.69) is 20.6 Å². The highest BCUT2D eigenvalue weighted by molar-refractivity contribution is 5.89. The van der Waals surface area contributed by atoms with Gasteiger partial charge in [0.1, 0.15) is 0 Å². The maximum absolute atomic E-state index is 11.0. The van der Waals surface area contributed by atoms with Gasteiger partial charge >= 0.3 is 0 Å². The van der Waals surface area contributed by atoms with E-state index in [1.807, 2.05) is 37.3 Å². The van der Waals surface area contributed by atoms with Crippen LogP contribution in [0.15, 0.2) is 36.5 Å². The monoisotopic (exact) mass is 242 g/mol. The van der Waals surface area contributed by atoms with Gasteiger partial charge in [0.05, 0.1) is 0 Å². The van der Waals surface area contributed by atoms with Gasteiger partial charge in [-0.1, -0.05) is 6.07 Å². The standard InChI is InChI=1S/C13H14N4O/c1-9-6-7-14-13(15-9)17-12-5-3-4-11(8-12)16-10(2)18/h3-8H,1-2H3,(H,16,18)(H,14,15,17). The van der Waals surface area contributed by atoms with Crippen molar-refractivity contribution in [3.8, 4) is 0 Å². The van der Waals surface area contributed by atoms with E-state index >= 15 is 0 Å². The van der Waals surface area contributed by atoms with Crippen molar-refractivity contribution in [2.75, 3.05) is 10.6 Å². The Bertz CT molecular complexity index is 568. The number of carbonyl (C=O) groups is 1. The molecule has 0 aliphatic rings. The predicted molar refractivity (Wildman–Crippen MR) is 70.8 cm³/mol. The van der Waals surface area contributed by atoms with E-state index in [9.17, 15) is 4.79 Å². The predicted octanol–water partition coefficient (Wildman–Crippen LogP) is 2.49. The lowest BCUT2D eigenvalue weighted by Crippen LogP contribution is -2.06. The third-order valence-electron chi connectivity index (χ3n) is 2.23. The number of nitrogens with zero attached hydrogens (tertiary/aromatic N) is 2. The molecule has 0 bridgehead atoms. The van der Waals surface area contributed by atoms with Crippen molar-refractivity contribution < 1.29 is 4.79 Å². The van der Waals surface area contributed by atoms with Crippen LogP contribution in [0, 0.1) is 6.92 Å². The first-order valence-corrected chi connectivity index (χ1v) is 5.58. The third-order valence-corrected chi connectivity index (χ3v) is 2.23. The molecule has 1 heterocycles. The molecule has 2 N–H and O–H groups in total. The topological polar surface area (TPSA) is 66.9 Å². The normalized spacial score (nSPS) is 9.89. The Morgan fingerprint density at radius 3 is 2.72 bits per heavy atom. The molecule has 0 saturated carbocycles. The molecule has 1 aromatic heterocycles. The van der Waals surface area contributed by atoms with Crippen LogP contribution in [0.1, 0.15) is 12.6 Å². The van der Waals surface area contributed by atoms with Crippen molar-refractivity contribution in [2.45, 2.75) is 13.8 Å². The van der Waals surface area contributed by atoms with Crippen LogP contribution in [-0.4, -0.2) is 15.9 Å². The molecule has 1 amide bonds. The molecule has 18 heavy (non-hydrogen) atoms. The van der Waals surface area contributed by atoms with Crippen LogP contribution in [0.4, 0.5) is 17.3 Å². The number of hydrogen-bond donors (Lipinski definition) is 2. The lowest BCUT2D eigenvalue weighted by molar-refractivity contribution is -0.114. The Labute approximate surface area is 105 Å². The molecule has 92 valence electrons. The first-order valence-electron chi connectivity index (χ1n) is 5.58. The fourth-order valence-corrected chi connectivity index (χ4v) is 1.52. The molecule has 5 heteroatoms. The van der Waals surface area contributed by atoms with E-state index in [1.165, 1.54) is 6.92 Å². The zero-order valence-electron chi connectivity index (χ0n) is 10.3. The number of hydrogen-bond acceptors (Lipinski definition) is 4. The molecule has 0 fully saturated rings. The molecule has 2 aromatic rings. The number of anilines is 3. The minimum atomic E-state index is -0.0982. The summed E-state index contributed by atoms with van der Waals surface area (Å²) < 4.78 is 0. The second kappa shape index (κ2) is 5.27. The molecule has 0 spiro atoms. The number of carbonyl (C=O) groups excluding carboxylic acids is 1. The highest BCUT2D eigenvalue weighted by Gasteiger charge is 2.00. The summed E-state index contributed by atoms with van der Waals surface area (Å²) in [7, 11) is 0. The number of rotatable bonds is 3. The number of amides is 1. The van der Waals surface area contributed by atoms with Gasteiger partial charge in [-0.05, 0) is 31.2 Å². The van der Waals surface area contributed by atoms with E-state index in [1.54, 1.807) is 6.20 Å². The van der Waals surface area contributed by atoms with E-state index in [0.29, 0.717) is 5.95 Å². The molecular formula is C13H14N4O. The van der Waals surface area contributed by atoms with Crippen molar-refractivity contribution in [3.05, 3.63) is 42.2 Å². The molecule has 0 radical (unpaired) electrons. The van der Waals surface area contributed by atoms with Crippen molar-refractivity contribution in [3.63, 3.8) is 0 Å². The summed E-state index contributed by atoms with van der Waals surface area (Å²) in [6, 6.07) is 9.22. The summed E-state index contributed by atoms with van der Waals surface area (Å²) in [5.74, 6) is 0.439. The Morgan fingerprint density at radius 1 is 1.22 bits per heavy atom. The molecule has 0 saturated heterocycles. The second-order valence-electron chi connectivity index (χ2n) is 3.91. The molecular weight excluding hydrogens is 228 g/mol. The number of aryl methyl sites for hydroxylation is 1. The number of nitrogens with one attached hydrogen (secondary N) is 2. The molecule has 0 aliphatic heterocycles. The highest BCUT2D eigenvalue weighted by Crippen LogP contribution is 2.17. The first-order chi connectivity index (χ1) is 8.63. The van der Waals surface area contributed by atoms with Gasteiger partial charge in [0.2, 0.25) is 11.9 Å². The first kappa shape index (κ1) is 12.0. The van der Waals surface area contributed by atoms with Crippen molar-refractivity contribution in [1.29, 1.82) is 0 Å². The van der Waals surface area contributed by atoms with Crippen molar-refractivity contribution in [1.82, 2.24) is 9.97 Å². The van der Waals surface area contributed by atoms with E-state index in [0.717, 1.165) is 17.1 Å². The lowest BCUT2D eigenvalue weighted by Gasteiger charge is -2.07. The van der Waals surface area contributed by atoms with Gasteiger partial charge in [-0.3, -0.25) is 4.79 Å². The Balaban J connectivity index is 2.16. The Kier molecular flexibility index (Phi) is 3.52. The van der Waals surface area contributed by atoms with Crippen LogP contribution >= 0.6 is 0 Å². The Hall–Kier alpha value is -2.43. The molecule has 5 nitrogen and oxygen atoms in total. The largest absolute Gasteiger partial charge is 0.326 e. The zero-order valence-corrected chi connectivity index (χ0v) is 10.3. The summed E-state index contributed by atoms with van der Waals surface area (Å²) in [6.45, 7) is 3.38. The van der Waals surface area contributed by atoms with Gasteiger partial charge in [-0.25, -0.2) is 9.97 Å². The molecule has 0 aliphatic carbocycles. The third kappa shape index (κ3) is 3.28. The smallest absolute Gasteiger partial charge is 0.227 e. The summed E-state index contributed by atoms with van der Waals surface area (Å²) in [5, 5.41) is 5.81. The van der Waals surface area contributed by atoms with Crippen LogP contribution in [0.3, 0.4) is 0 Å². The van der Waals surface area contributed by atoms with Gasteiger partial charge in [0.25, 0.3) is 0 Å². The van der Waals surface area contributed by atoms with Crippen LogP contribution in [0.2, 0.25) is 0 Å². The van der Waals surface area contributed by atoms with Crippen molar-refractivity contribution in [2.24, 2.45) is 0 Å². The van der Waals surface area contributed by atoms with Gasteiger partial charge in [-0.2, -0.15) is 0 Å². The minimum absolute atomic E-state index is 0.0982. The Morgan fingerprint density at radius 2 is 2.00 bits per heavy atom. The summed E-state index contributed by atoms with van der Waals surface area (Å²) >= 11 is 0. The van der Waals surface area contributed by atoms with E-state index in [4.69, 9.17) is 0 Å². The molecule has 0 unspecified atom stereocenters. The maximum atomic E-state index is 11.0. The van der Waals surface area contributed by atoms with E-state index in [-0.39, 0.29) is 5.91 Å². The number of aromatic nitrogens is 2.